The highest BCUT2D eigenvalue weighted by Gasteiger charge is 2.02. The summed E-state index contributed by atoms with van der Waals surface area (Å²) >= 11 is 0. The first-order chi connectivity index (χ1) is 9.83. The average Bonchev–Trinajstić information content (AvgIpc) is 2.48. The molecule has 3 rings (SSSR count). The van der Waals surface area contributed by atoms with E-state index in [2.05, 4.69) is 18.2 Å². The number of nitrogens with zero attached hydrogens (tertiary/aromatic N) is 1. The molecule has 3 heteroatoms. The van der Waals surface area contributed by atoms with Crippen molar-refractivity contribution in [2.75, 3.05) is 6.61 Å². The van der Waals surface area contributed by atoms with Gasteiger partial charge in [0.15, 0.2) is 12.4 Å². The summed E-state index contributed by atoms with van der Waals surface area (Å²) in [6.45, 7) is 0.554. The molecule has 0 unspecified atom stereocenters. The molecule has 0 aliphatic carbocycles. The maximum atomic E-state index is 11.2. The van der Waals surface area contributed by atoms with Gasteiger partial charge in [-0.25, -0.2) is 0 Å². The van der Waals surface area contributed by atoms with Crippen molar-refractivity contribution in [1.82, 2.24) is 0 Å². The molecule has 0 amide bonds. The summed E-state index contributed by atoms with van der Waals surface area (Å²) < 4.78 is 6.66. The molecule has 0 saturated carbocycles. The molecule has 2 aromatic carbocycles. The summed E-state index contributed by atoms with van der Waals surface area (Å²) in [7, 11) is 0. The molecule has 0 spiro atoms. The van der Waals surface area contributed by atoms with Gasteiger partial charge in [-0.15, -0.1) is 0 Å². The zero-order valence-corrected chi connectivity index (χ0v) is 11.0. The van der Waals surface area contributed by atoms with Crippen molar-refractivity contribution in [3.63, 3.8) is 0 Å². The van der Waals surface area contributed by atoms with Crippen LogP contribution in [0.4, 0.5) is 0 Å². The molecule has 0 saturated heterocycles. The second-order valence-electron chi connectivity index (χ2n) is 4.65. The summed E-state index contributed by atoms with van der Waals surface area (Å²) in [4.78, 5) is 0. The maximum Gasteiger partial charge on any atom is 0.183 e. The van der Waals surface area contributed by atoms with Gasteiger partial charge in [-0.2, -0.15) is 4.73 Å². The van der Waals surface area contributed by atoms with Gasteiger partial charge in [0.2, 0.25) is 0 Å². The number of hydrogen-bond acceptors (Lipinski definition) is 2. The number of fused-ring (bicyclic) bond motifs is 1. The summed E-state index contributed by atoms with van der Waals surface area (Å²) in [5, 5.41) is 13.5. The van der Waals surface area contributed by atoms with Gasteiger partial charge in [-0.3, -0.25) is 0 Å². The second-order valence-corrected chi connectivity index (χ2v) is 4.65. The van der Waals surface area contributed by atoms with Crippen molar-refractivity contribution in [2.45, 2.75) is 6.42 Å². The number of benzene rings is 2. The number of rotatable bonds is 4. The van der Waals surface area contributed by atoms with Crippen LogP contribution in [-0.2, 0) is 6.42 Å². The molecule has 20 heavy (non-hydrogen) atoms. The van der Waals surface area contributed by atoms with Crippen molar-refractivity contribution in [3.8, 4) is 5.75 Å². The Kier molecular flexibility index (Phi) is 3.50. The fourth-order valence-electron chi connectivity index (χ4n) is 2.25. The summed E-state index contributed by atoms with van der Waals surface area (Å²) in [5.74, 6) is 0.883. The van der Waals surface area contributed by atoms with Crippen LogP contribution in [-0.4, -0.2) is 6.61 Å². The van der Waals surface area contributed by atoms with Gasteiger partial charge in [-0.1, -0.05) is 36.4 Å². The summed E-state index contributed by atoms with van der Waals surface area (Å²) in [5.41, 5.74) is 0.975. The minimum atomic E-state index is 0.554. The number of hydrogen-bond donors (Lipinski definition) is 0. The molecule has 0 atom stereocenters. The van der Waals surface area contributed by atoms with E-state index in [-0.39, 0.29) is 0 Å². The van der Waals surface area contributed by atoms with Crippen molar-refractivity contribution in [2.24, 2.45) is 0 Å². The summed E-state index contributed by atoms with van der Waals surface area (Å²) in [6, 6.07) is 17.9. The molecular formula is C17H15NO2. The van der Waals surface area contributed by atoms with Crippen molar-refractivity contribution in [3.05, 3.63) is 77.8 Å². The maximum absolute atomic E-state index is 11.2. The van der Waals surface area contributed by atoms with Crippen LogP contribution < -0.4 is 9.47 Å². The monoisotopic (exact) mass is 265 g/mol. The Morgan fingerprint density at radius 2 is 1.80 bits per heavy atom. The van der Waals surface area contributed by atoms with Crippen LogP contribution in [0.5, 0.6) is 5.75 Å². The average molecular weight is 265 g/mol. The third-order valence-corrected chi connectivity index (χ3v) is 3.23. The molecule has 0 N–H and O–H groups in total. The van der Waals surface area contributed by atoms with E-state index in [1.54, 1.807) is 12.3 Å². The Morgan fingerprint density at radius 1 is 0.950 bits per heavy atom. The van der Waals surface area contributed by atoms with E-state index >= 15 is 0 Å². The van der Waals surface area contributed by atoms with Gasteiger partial charge in [0.25, 0.3) is 0 Å². The van der Waals surface area contributed by atoms with Crippen LogP contribution in [0.25, 0.3) is 10.8 Å². The molecule has 3 aromatic rings. The lowest BCUT2D eigenvalue weighted by molar-refractivity contribution is -0.605. The van der Waals surface area contributed by atoms with Crippen molar-refractivity contribution < 1.29 is 9.47 Å². The zero-order chi connectivity index (χ0) is 13.8. The lowest BCUT2D eigenvalue weighted by Gasteiger charge is -2.09. The second kappa shape index (κ2) is 5.61. The Morgan fingerprint density at radius 3 is 2.70 bits per heavy atom. The largest absolute Gasteiger partial charge is 0.619 e. The van der Waals surface area contributed by atoms with E-state index in [4.69, 9.17) is 4.74 Å². The van der Waals surface area contributed by atoms with Gasteiger partial charge in [-0.05, 0) is 17.5 Å². The highest BCUT2D eigenvalue weighted by molar-refractivity contribution is 5.88. The van der Waals surface area contributed by atoms with Gasteiger partial charge >= 0.3 is 0 Å². The van der Waals surface area contributed by atoms with Gasteiger partial charge < -0.3 is 9.94 Å². The molecule has 3 nitrogen and oxygen atoms in total. The minimum absolute atomic E-state index is 0.554. The molecule has 0 fully saturated rings. The Hall–Kier alpha value is -2.55. The Balaban J connectivity index is 1.71. The standard InChI is InChI=1S/C17H15NO2/c19-18-11-4-5-14(13-18)10-12-20-17-9-3-7-15-6-1-2-8-16(15)17/h1-9,11,13H,10,12H2. The van der Waals surface area contributed by atoms with Gasteiger partial charge in [0, 0.05) is 23.4 Å². The predicted octanol–water partition coefficient (Wildman–Crippen LogP) is 3.09. The van der Waals surface area contributed by atoms with Gasteiger partial charge in [0.05, 0.1) is 6.61 Å². The molecule has 0 radical (unpaired) electrons. The van der Waals surface area contributed by atoms with E-state index in [1.807, 2.05) is 30.3 Å². The van der Waals surface area contributed by atoms with Gasteiger partial charge in [0.1, 0.15) is 5.75 Å². The van der Waals surface area contributed by atoms with E-state index in [9.17, 15) is 5.21 Å². The predicted molar refractivity (Wildman–Crippen MR) is 78.5 cm³/mol. The van der Waals surface area contributed by atoms with E-state index in [0.717, 1.165) is 21.4 Å². The Labute approximate surface area is 117 Å². The third kappa shape index (κ3) is 2.72. The SMILES string of the molecule is [O-][n+]1cccc(CCOc2cccc3ccccc23)c1. The molecule has 0 aliphatic heterocycles. The molecular weight excluding hydrogens is 250 g/mol. The van der Waals surface area contributed by atoms with Crippen LogP contribution >= 0.6 is 0 Å². The fraction of sp³-hybridized carbons (Fsp3) is 0.118. The first kappa shape index (κ1) is 12.5. The highest BCUT2D eigenvalue weighted by atomic mass is 16.5. The van der Waals surface area contributed by atoms with E-state index in [1.165, 1.54) is 11.6 Å². The molecule has 0 bridgehead atoms. The number of pyridine rings is 1. The third-order valence-electron chi connectivity index (χ3n) is 3.23. The first-order valence-electron chi connectivity index (χ1n) is 6.61. The Bertz CT molecular complexity index is 720. The summed E-state index contributed by atoms with van der Waals surface area (Å²) in [6.07, 6.45) is 3.77. The van der Waals surface area contributed by atoms with E-state index in [0.29, 0.717) is 13.0 Å². The molecule has 1 heterocycles. The smallest absolute Gasteiger partial charge is 0.183 e. The van der Waals surface area contributed by atoms with Crippen LogP contribution in [0.3, 0.4) is 0 Å². The number of ether oxygens (including phenoxy) is 1. The van der Waals surface area contributed by atoms with Crippen molar-refractivity contribution >= 4 is 10.8 Å². The molecule has 1 aromatic heterocycles. The van der Waals surface area contributed by atoms with Crippen LogP contribution in [0.15, 0.2) is 67.0 Å². The van der Waals surface area contributed by atoms with Crippen molar-refractivity contribution in [1.29, 1.82) is 0 Å². The van der Waals surface area contributed by atoms with Crippen LogP contribution in [0.1, 0.15) is 5.56 Å². The van der Waals surface area contributed by atoms with E-state index < -0.39 is 0 Å². The molecule has 0 aliphatic rings. The fourth-order valence-corrected chi connectivity index (χ4v) is 2.25. The normalized spacial score (nSPS) is 10.6. The van der Waals surface area contributed by atoms with Crippen LogP contribution in [0, 0.1) is 5.21 Å². The highest BCUT2D eigenvalue weighted by Crippen LogP contribution is 2.25. The zero-order valence-electron chi connectivity index (χ0n) is 11.0. The minimum Gasteiger partial charge on any atom is -0.619 e. The number of aromatic nitrogens is 1. The first-order valence-corrected chi connectivity index (χ1v) is 6.61. The lowest BCUT2D eigenvalue weighted by atomic mass is 10.1. The topological polar surface area (TPSA) is 36.2 Å². The quantitative estimate of drug-likeness (QED) is 0.537. The van der Waals surface area contributed by atoms with Crippen LogP contribution in [0.2, 0.25) is 0 Å². The lowest BCUT2D eigenvalue weighted by Crippen LogP contribution is -2.25. The molecule has 100 valence electrons.